The van der Waals surface area contributed by atoms with Crippen LogP contribution < -0.4 is 0 Å². The molecule has 1 amide bonds. The number of hydrogen-bond donors (Lipinski definition) is 0. The molecule has 0 radical (unpaired) electrons. The Hall–Kier alpha value is -1.40. The summed E-state index contributed by atoms with van der Waals surface area (Å²) in [5.41, 5.74) is 1.02. The second kappa shape index (κ2) is 5.93. The summed E-state index contributed by atoms with van der Waals surface area (Å²) in [4.78, 5) is 22.9. The third-order valence-corrected chi connectivity index (χ3v) is 4.99. The van der Waals surface area contributed by atoms with Crippen molar-refractivity contribution < 1.29 is 4.79 Å². The number of aryl methyl sites for hydroxylation is 1. The predicted octanol–water partition coefficient (Wildman–Crippen LogP) is 2.79. The van der Waals surface area contributed by atoms with Crippen molar-refractivity contribution in [3.8, 4) is 0 Å². The van der Waals surface area contributed by atoms with Crippen LogP contribution in [0.25, 0.3) is 10.2 Å². The summed E-state index contributed by atoms with van der Waals surface area (Å²) in [5.74, 6) is 0.148. The van der Waals surface area contributed by atoms with Gasteiger partial charge in [0.15, 0.2) is 5.17 Å². The molecule has 1 aromatic carbocycles. The van der Waals surface area contributed by atoms with E-state index in [-0.39, 0.29) is 5.91 Å². The highest BCUT2D eigenvalue weighted by Gasteiger charge is 2.22. The van der Waals surface area contributed by atoms with E-state index in [2.05, 4.69) is 16.0 Å². The first kappa shape index (κ1) is 13.6. The second-order valence-electron chi connectivity index (χ2n) is 4.49. The second-order valence-corrected chi connectivity index (χ2v) is 6.38. The predicted molar refractivity (Wildman–Crippen MR) is 85.5 cm³/mol. The molecule has 1 aliphatic rings. The van der Waals surface area contributed by atoms with Crippen molar-refractivity contribution >= 4 is 44.4 Å². The first-order chi connectivity index (χ1) is 9.78. The van der Waals surface area contributed by atoms with Crippen LogP contribution in [0.4, 0.5) is 0 Å². The van der Waals surface area contributed by atoms with E-state index in [9.17, 15) is 4.79 Å². The third-order valence-electron chi connectivity index (χ3n) is 3.18. The normalized spacial score (nSPS) is 14.8. The molecule has 1 aliphatic heterocycles. The molecule has 0 atom stereocenters. The number of amidine groups is 1. The molecule has 0 bridgehead atoms. The minimum Gasteiger partial charge on any atom is -0.290 e. The van der Waals surface area contributed by atoms with Gasteiger partial charge in [-0.1, -0.05) is 23.9 Å². The van der Waals surface area contributed by atoms with Crippen molar-refractivity contribution in [2.75, 3.05) is 19.3 Å². The standard InChI is InChI=1S/C14H15N3OS2/c1-19-14-15-8-9-17(14)13(18)7-6-12-16-10-4-2-3-5-11(10)20-12/h2-5H,6-9H2,1H3. The summed E-state index contributed by atoms with van der Waals surface area (Å²) in [7, 11) is 0. The van der Waals surface area contributed by atoms with E-state index in [1.807, 2.05) is 24.5 Å². The van der Waals surface area contributed by atoms with Gasteiger partial charge in [-0.2, -0.15) is 0 Å². The van der Waals surface area contributed by atoms with Crippen LogP contribution in [0.2, 0.25) is 0 Å². The molecule has 0 saturated carbocycles. The molecular formula is C14H15N3OS2. The summed E-state index contributed by atoms with van der Waals surface area (Å²) in [6.07, 6.45) is 3.16. The lowest BCUT2D eigenvalue weighted by molar-refractivity contribution is -0.126. The zero-order valence-electron chi connectivity index (χ0n) is 11.2. The van der Waals surface area contributed by atoms with Crippen molar-refractivity contribution in [1.82, 2.24) is 9.88 Å². The number of para-hydroxylation sites is 1. The Morgan fingerprint density at radius 1 is 1.45 bits per heavy atom. The number of nitrogens with zero attached hydrogens (tertiary/aromatic N) is 3. The van der Waals surface area contributed by atoms with Gasteiger partial charge in [0, 0.05) is 19.4 Å². The molecule has 2 aromatic rings. The molecule has 0 spiro atoms. The first-order valence-corrected chi connectivity index (χ1v) is 8.55. The molecule has 0 unspecified atom stereocenters. The van der Waals surface area contributed by atoms with E-state index in [0.29, 0.717) is 12.8 Å². The van der Waals surface area contributed by atoms with E-state index >= 15 is 0 Å². The molecule has 6 heteroatoms. The lowest BCUT2D eigenvalue weighted by Crippen LogP contribution is -2.32. The van der Waals surface area contributed by atoms with Gasteiger partial charge in [-0.15, -0.1) is 11.3 Å². The number of aliphatic imine (C=N–C) groups is 1. The Kier molecular flexibility index (Phi) is 4.03. The number of amides is 1. The van der Waals surface area contributed by atoms with Crippen LogP contribution in [0.3, 0.4) is 0 Å². The number of benzene rings is 1. The van der Waals surface area contributed by atoms with E-state index in [4.69, 9.17) is 0 Å². The van der Waals surface area contributed by atoms with Crippen LogP contribution in [-0.2, 0) is 11.2 Å². The number of fused-ring (bicyclic) bond motifs is 1. The largest absolute Gasteiger partial charge is 0.290 e. The number of carbonyl (C=O) groups excluding carboxylic acids is 1. The summed E-state index contributed by atoms with van der Waals surface area (Å²) >= 11 is 3.21. The van der Waals surface area contributed by atoms with Gasteiger partial charge < -0.3 is 0 Å². The van der Waals surface area contributed by atoms with Gasteiger partial charge in [0.1, 0.15) is 0 Å². The quantitative estimate of drug-likeness (QED) is 0.876. The number of aromatic nitrogens is 1. The SMILES string of the molecule is CSC1=NCCN1C(=O)CCc1nc2ccccc2s1. The van der Waals surface area contributed by atoms with Gasteiger partial charge in [0.05, 0.1) is 21.8 Å². The van der Waals surface area contributed by atoms with E-state index in [0.717, 1.165) is 28.8 Å². The zero-order chi connectivity index (χ0) is 13.9. The number of hydrogen-bond acceptors (Lipinski definition) is 5. The number of thiazole rings is 1. The Morgan fingerprint density at radius 2 is 2.30 bits per heavy atom. The Bertz CT molecular complexity index is 632. The molecule has 3 rings (SSSR count). The molecule has 1 aromatic heterocycles. The van der Waals surface area contributed by atoms with Gasteiger partial charge in [0.25, 0.3) is 0 Å². The molecular weight excluding hydrogens is 290 g/mol. The maximum Gasteiger partial charge on any atom is 0.229 e. The highest BCUT2D eigenvalue weighted by Crippen LogP contribution is 2.23. The van der Waals surface area contributed by atoms with Gasteiger partial charge in [-0.3, -0.25) is 14.7 Å². The molecule has 2 heterocycles. The monoisotopic (exact) mass is 305 g/mol. The molecule has 104 valence electrons. The highest BCUT2D eigenvalue weighted by molar-refractivity contribution is 8.13. The molecule has 0 fully saturated rings. The van der Waals surface area contributed by atoms with Crippen molar-refractivity contribution in [2.45, 2.75) is 12.8 Å². The molecule has 0 aliphatic carbocycles. The fourth-order valence-corrected chi connectivity index (χ4v) is 3.81. The summed E-state index contributed by atoms with van der Waals surface area (Å²) < 4.78 is 1.18. The average Bonchev–Trinajstić information content (AvgIpc) is 3.10. The van der Waals surface area contributed by atoms with Gasteiger partial charge in [-0.05, 0) is 18.4 Å². The summed E-state index contributed by atoms with van der Waals surface area (Å²) in [6, 6.07) is 8.08. The maximum absolute atomic E-state index is 12.2. The van der Waals surface area contributed by atoms with Crippen LogP contribution in [-0.4, -0.2) is 40.3 Å². The Labute approximate surface area is 125 Å². The van der Waals surface area contributed by atoms with Gasteiger partial charge in [0.2, 0.25) is 5.91 Å². The highest BCUT2D eigenvalue weighted by atomic mass is 32.2. The maximum atomic E-state index is 12.2. The lowest BCUT2D eigenvalue weighted by Gasteiger charge is -2.16. The Morgan fingerprint density at radius 3 is 3.10 bits per heavy atom. The van der Waals surface area contributed by atoms with Crippen LogP contribution in [0.15, 0.2) is 29.3 Å². The topological polar surface area (TPSA) is 45.6 Å². The third kappa shape index (κ3) is 2.71. The molecule has 20 heavy (non-hydrogen) atoms. The fourth-order valence-electron chi connectivity index (χ4n) is 2.21. The van der Waals surface area contributed by atoms with E-state index < -0.39 is 0 Å². The minimum absolute atomic E-state index is 0.148. The number of rotatable bonds is 3. The average molecular weight is 305 g/mol. The minimum atomic E-state index is 0.148. The molecule has 4 nitrogen and oxygen atoms in total. The van der Waals surface area contributed by atoms with Gasteiger partial charge >= 0.3 is 0 Å². The zero-order valence-corrected chi connectivity index (χ0v) is 12.8. The van der Waals surface area contributed by atoms with Crippen LogP contribution >= 0.6 is 23.1 Å². The molecule has 0 saturated heterocycles. The fraction of sp³-hybridized carbons (Fsp3) is 0.357. The van der Waals surface area contributed by atoms with Crippen LogP contribution in [0, 0.1) is 0 Å². The number of carbonyl (C=O) groups is 1. The summed E-state index contributed by atoms with van der Waals surface area (Å²) in [5, 5.41) is 1.88. The van der Waals surface area contributed by atoms with Crippen LogP contribution in [0.5, 0.6) is 0 Å². The number of thioether (sulfide) groups is 1. The van der Waals surface area contributed by atoms with Crippen molar-refractivity contribution in [3.63, 3.8) is 0 Å². The van der Waals surface area contributed by atoms with E-state index in [1.54, 1.807) is 16.2 Å². The van der Waals surface area contributed by atoms with Crippen molar-refractivity contribution in [1.29, 1.82) is 0 Å². The lowest BCUT2D eigenvalue weighted by atomic mass is 10.3. The van der Waals surface area contributed by atoms with Gasteiger partial charge in [-0.25, -0.2) is 4.98 Å². The van der Waals surface area contributed by atoms with Crippen molar-refractivity contribution in [2.24, 2.45) is 4.99 Å². The smallest absolute Gasteiger partial charge is 0.229 e. The Balaban J connectivity index is 1.64. The molecule has 0 N–H and O–H groups in total. The van der Waals surface area contributed by atoms with Crippen LogP contribution in [0.1, 0.15) is 11.4 Å². The summed E-state index contributed by atoms with van der Waals surface area (Å²) in [6.45, 7) is 1.44. The van der Waals surface area contributed by atoms with Crippen molar-refractivity contribution in [3.05, 3.63) is 29.3 Å². The van der Waals surface area contributed by atoms with E-state index in [1.165, 1.54) is 16.5 Å². The first-order valence-electron chi connectivity index (χ1n) is 6.51.